The van der Waals surface area contributed by atoms with Gasteiger partial charge in [0.1, 0.15) is 18.3 Å². The molecule has 0 bridgehead atoms. The number of hydrogen-bond donors (Lipinski definition) is 6. The van der Waals surface area contributed by atoms with Crippen LogP contribution >= 0.6 is 11.6 Å². The summed E-state index contributed by atoms with van der Waals surface area (Å²) >= 11 is 5.45. The molecule has 3 saturated heterocycles. The van der Waals surface area contributed by atoms with Gasteiger partial charge in [0.15, 0.2) is 49.0 Å². The normalized spacial score (nSPS) is 32.0. The predicted octanol–water partition coefficient (Wildman–Crippen LogP) is -4.14. The van der Waals surface area contributed by atoms with E-state index in [2.05, 4.69) is 4.74 Å². The number of carbonyl (C=O) groups excluding carboxylic acids is 9. The van der Waals surface area contributed by atoms with Gasteiger partial charge in [-0.3, -0.25) is 43.2 Å². The SMILES string of the molecule is CC(=O)OC1OC(C(=O)Cl)C(OC(C)=O)C(OC(C)=O)C1OC(C)=O.CC(=O)OC1OC(C(=O)O)C(OC(C)=O)C(OC(C)=O)C1OC(C)=O.O=C(O)C1OC(O)C(O)C(O)C1O. The van der Waals surface area contributed by atoms with Crippen LogP contribution in [0.2, 0.25) is 0 Å². The van der Waals surface area contributed by atoms with Gasteiger partial charge >= 0.3 is 59.7 Å². The zero-order chi connectivity index (χ0) is 48.8. The Hall–Kier alpha value is -5.62. The second-order valence-corrected chi connectivity index (χ2v) is 13.3. The predicted molar refractivity (Wildman–Crippen MR) is 189 cm³/mol. The fourth-order valence-corrected chi connectivity index (χ4v) is 5.69. The molecule has 15 unspecified atom stereocenters. The molecular weight excluding hydrogens is 892 g/mol. The molecule has 6 N–H and O–H groups in total. The van der Waals surface area contributed by atoms with Crippen LogP contribution in [0, 0.1) is 0 Å². The molecule has 3 aliphatic rings. The lowest BCUT2D eigenvalue weighted by molar-refractivity contribution is -0.293. The van der Waals surface area contributed by atoms with Crippen molar-refractivity contribution in [3.8, 4) is 0 Å². The summed E-state index contributed by atoms with van der Waals surface area (Å²) in [4.78, 5) is 124. The van der Waals surface area contributed by atoms with Crippen LogP contribution in [-0.2, 0) is 105 Å². The van der Waals surface area contributed by atoms with Crippen LogP contribution in [0.1, 0.15) is 55.4 Å². The largest absolute Gasteiger partial charge is 0.479 e. The average Bonchev–Trinajstić information content (AvgIpc) is 3.12. The van der Waals surface area contributed by atoms with Crippen LogP contribution < -0.4 is 0 Å². The molecule has 0 amide bonds. The highest BCUT2D eigenvalue weighted by molar-refractivity contribution is 6.64. The Labute approximate surface area is 359 Å². The second-order valence-electron chi connectivity index (χ2n) is 12.9. The summed E-state index contributed by atoms with van der Waals surface area (Å²) in [6, 6.07) is 0. The van der Waals surface area contributed by atoms with Gasteiger partial charge in [-0.2, -0.15) is 0 Å². The summed E-state index contributed by atoms with van der Waals surface area (Å²) < 4.78 is 54.2. The molecule has 3 aliphatic heterocycles. The van der Waals surface area contributed by atoms with E-state index in [1.807, 2.05) is 0 Å². The Bertz CT molecular complexity index is 1620. The Kier molecular flexibility index (Phi) is 21.9. The highest BCUT2D eigenvalue weighted by Gasteiger charge is 2.57. The summed E-state index contributed by atoms with van der Waals surface area (Å²) in [6.45, 7) is 8.25. The first-order chi connectivity index (χ1) is 29.0. The highest BCUT2D eigenvalue weighted by atomic mass is 35.5. The topological polar surface area (TPSA) is 411 Å². The molecule has 0 aliphatic carbocycles. The number of carboxylic acid groups (broad SMARTS) is 2. The Morgan fingerprint density at radius 3 is 0.952 bits per heavy atom. The number of carbonyl (C=O) groups is 11. The van der Waals surface area contributed by atoms with Crippen molar-refractivity contribution in [3.05, 3.63) is 0 Å². The van der Waals surface area contributed by atoms with Gasteiger partial charge in [-0.25, -0.2) is 9.59 Å². The fourth-order valence-electron chi connectivity index (χ4n) is 5.51. The van der Waals surface area contributed by atoms with Crippen LogP contribution in [0.5, 0.6) is 0 Å². The summed E-state index contributed by atoms with van der Waals surface area (Å²) in [5.74, 6) is -9.85. The molecule has 0 radical (unpaired) electrons. The van der Waals surface area contributed by atoms with Crippen molar-refractivity contribution in [3.63, 3.8) is 0 Å². The van der Waals surface area contributed by atoms with E-state index in [1.165, 1.54) is 0 Å². The van der Waals surface area contributed by atoms with Gasteiger partial charge < -0.3 is 82.7 Å². The maximum absolute atomic E-state index is 11.6. The third-order valence-electron chi connectivity index (χ3n) is 7.67. The number of carboxylic acids is 2. The monoisotopic (exact) mass is 936 g/mol. The Morgan fingerprint density at radius 2 is 0.651 bits per heavy atom. The summed E-state index contributed by atoms with van der Waals surface area (Å²) in [5.41, 5.74) is 0. The van der Waals surface area contributed by atoms with Crippen LogP contribution in [-0.4, -0.2) is 188 Å². The van der Waals surface area contributed by atoms with E-state index in [9.17, 15) is 57.8 Å². The average molecular weight is 937 g/mol. The third-order valence-corrected chi connectivity index (χ3v) is 7.88. The molecule has 0 aromatic heterocycles. The number of hydrogen-bond acceptors (Lipinski definition) is 26. The molecule has 3 fully saturated rings. The van der Waals surface area contributed by atoms with Crippen LogP contribution in [0.4, 0.5) is 0 Å². The van der Waals surface area contributed by atoms with Gasteiger partial charge in [0, 0.05) is 55.4 Å². The van der Waals surface area contributed by atoms with E-state index in [4.69, 9.17) is 84.5 Å². The maximum Gasteiger partial charge on any atom is 0.337 e. The first-order valence-electron chi connectivity index (χ1n) is 17.7. The number of ether oxygens (including phenoxy) is 11. The van der Waals surface area contributed by atoms with Crippen molar-refractivity contribution < 1.29 is 135 Å². The summed E-state index contributed by atoms with van der Waals surface area (Å²) in [7, 11) is 0. The lowest BCUT2D eigenvalue weighted by atomic mass is 9.98. The minimum absolute atomic E-state index is 0.819. The van der Waals surface area contributed by atoms with E-state index >= 15 is 0 Å². The van der Waals surface area contributed by atoms with Crippen molar-refractivity contribution in [2.45, 2.75) is 148 Å². The second kappa shape index (κ2) is 24.9. The lowest BCUT2D eigenvalue weighted by Gasteiger charge is -2.42. The zero-order valence-electron chi connectivity index (χ0n) is 34.2. The van der Waals surface area contributed by atoms with E-state index in [-0.39, 0.29) is 0 Å². The molecule has 3 rings (SSSR count). The molecule has 0 saturated carbocycles. The van der Waals surface area contributed by atoms with Crippen molar-refractivity contribution in [2.24, 2.45) is 0 Å². The lowest BCUT2D eigenvalue weighted by Crippen LogP contribution is -2.63. The third kappa shape index (κ3) is 17.2. The van der Waals surface area contributed by atoms with Gasteiger partial charge in [0.05, 0.1) is 0 Å². The Balaban J connectivity index is 0.000000496. The first kappa shape index (κ1) is 55.4. The van der Waals surface area contributed by atoms with E-state index in [1.54, 1.807) is 0 Å². The standard InChI is InChI=1S/C14H17ClO10.C14H18O11.C6H10O7/c1-5(16)21-9-10(22-6(2)17)12(23-7(3)18)14(24-8(4)19)25-11(9)13(15)20;1-5(15)21-9-10(22-6(2)16)12(23-7(3)17)14(24-8(4)18)25-11(9)13(19)20;7-1-2(8)4(5(10)11)13-6(12)3(1)9/h9-12,14H,1-4H3;9-12,14H,1-4H3,(H,19,20);1-4,6-9,12H,(H,10,11). The molecule has 63 heavy (non-hydrogen) atoms. The van der Waals surface area contributed by atoms with Crippen molar-refractivity contribution >= 4 is 76.5 Å². The molecule has 356 valence electrons. The van der Waals surface area contributed by atoms with Crippen molar-refractivity contribution in [1.82, 2.24) is 0 Å². The minimum Gasteiger partial charge on any atom is -0.479 e. The number of halogens is 1. The number of aliphatic carboxylic acids is 2. The van der Waals surface area contributed by atoms with Crippen LogP contribution in [0.15, 0.2) is 0 Å². The highest BCUT2D eigenvalue weighted by Crippen LogP contribution is 2.32. The molecule has 3 heterocycles. The number of aliphatic hydroxyl groups is 4. The van der Waals surface area contributed by atoms with E-state index < -0.39 is 157 Å². The molecule has 0 spiro atoms. The smallest absolute Gasteiger partial charge is 0.337 e. The first-order valence-corrected chi connectivity index (χ1v) is 18.1. The van der Waals surface area contributed by atoms with Gasteiger partial charge in [-0.15, -0.1) is 0 Å². The number of aliphatic hydroxyl groups excluding tert-OH is 4. The summed E-state index contributed by atoms with van der Waals surface area (Å²) in [6.07, 6.45) is -24.7. The minimum atomic E-state index is -1.83. The van der Waals surface area contributed by atoms with Crippen molar-refractivity contribution in [2.75, 3.05) is 0 Å². The number of esters is 8. The van der Waals surface area contributed by atoms with E-state index in [0.29, 0.717) is 0 Å². The summed E-state index contributed by atoms with van der Waals surface area (Å²) in [5, 5.41) is 52.6. The zero-order valence-corrected chi connectivity index (χ0v) is 35.0. The van der Waals surface area contributed by atoms with Gasteiger partial charge in [-0.1, -0.05) is 0 Å². The van der Waals surface area contributed by atoms with Gasteiger partial charge in [0.2, 0.25) is 24.8 Å². The van der Waals surface area contributed by atoms with E-state index in [0.717, 1.165) is 55.4 Å². The van der Waals surface area contributed by atoms with Crippen molar-refractivity contribution in [1.29, 1.82) is 0 Å². The van der Waals surface area contributed by atoms with Crippen LogP contribution in [0.3, 0.4) is 0 Å². The molecule has 28 nitrogen and oxygen atoms in total. The fraction of sp³-hybridized carbons (Fsp3) is 0.676. The molecular formula is C34H45ClO28. The molecule has 0 aromatic rings. The molecule has 15 atom stereocenters. The van der Waals surface area contributed by atoms with Gasteiger partial charge in [0.25, 0.3) is 5.24 Å². The molecule has 0 aromatic carbocycles. The maximum atomic E-state index is 11.6. The Morgan fingerprint density at radius 1 is 0.365 bits per heavy atom. The molecule has 29 heteroatoms. The number of rotatable bonds is 11. The van der Waals surface area contributed by atoms with Gasteiger partial charge in [-0.05, 0) is 11.6 Å². The quantitative estimate of drug-likeness (QED) is 0.0651. The van der Waals surface area contributed by atoms with Crippen LogP contribution in [0.25, 0.3) is 0 Å².